The van der Waals surface area contributed by atoms with Gasteiger partial charge in [0, 0.05) is 17.1 Å². The molecule has 0 heterocycles. The van der Waals surface area contributed by atoms with Crippen LogP contribution < -0.4 is 0 Å². The zero-order valence-corrected chi connectivity index (χ0v) is 8.80. The van der Waals surface area contributed by atoms with Gasteiger partial charge in [-0.15, -0.1) is 0 Å². The molecule has 0 N–H and O–H groups in total. The maximum Gasteiger partial charge on any atom is 0 e. The summed E-state index contributed by atoms with van der Waals surface area (Å²) in [4.78, 5) is 6.25. The van der Waals surface area contributed by atoms with E-state index in [0.717, 1.165) is 29.8 Å². The second kappa shape index (κ2) is 5.10. The monoisotopic (exact) mass is 306 g/mol. The van der Waals surface area contributed by atoms with E-state index in [9.17, 15) is 0 Å². The van der Waals surface area contributed by atoms with Gasteiger partial charge in [0.05, 0.1) is 0 Å². The van der Waals surface area contributed by atoms with Gasteiger partial charge in [0.25, 0.3) is 0 Å². The molecule has 0 aromatic carbocycles. The zero-order valence-electron chi connectivity index (χ0n) is 6.44. The second-order valence-corrected chi connectivity index (χ2v) is 7.93. The topological polar surface area (TPSA) is 143 Å². The second-order valence-electron chi connectivity index (χ2n) is 1.92. The van der Waals surface area contributed by atoms with E-state index in [0.29, 0.717) is 0 Å². The molecule has 0 atom stereocenters. The standard InChI is InChI=1S/6CN.K.2Mn.H/c6*1-2;;;;. The van der Waals surface area contributed by atoms with Crippen LogP contribution in [0.4, 0.5) is 0 Å². The van der Waals surface area contributed by atoms with Gasteiger partial charge in [-0.1, -0.05) is 0 Å². The summed E-state index contributed by atoms with van der Waals surface area (Å²) in [6.45, 7) is 0. The molecule has 0 fully saturated rings. The summed E-state index contributed by atoms with van der Waals surface area (Å²) in [6.07, 6.45) is 0. The summed E-state index contributed by atoms with van der Waals surface area (Å²) in [7, 11) is -6.30. The normalized spacial score (nSPS) is 11.6. The fourth-order valence-corrected chi connectivity index (χ4v) is 1.17. The number of hydrogen-bond acceptors (Lipinski definition) is 6. The summed E-state index contributed by atoms with van der Waals surface area (Å²) in [5, 5.41) is 51.5. The van der Waals surface area contributed by atoms with Crippen molar-refractivity contribution in [3.8, 4) is 29.8 Å². The first-order valence-electron chi connectivity index (χ1n) is 2.48. The van der Waals surface area contributed by atoms with Crippen LogP contribution in [0.5, 0.6) is 0 Å². The maximum absolute atomic E-state index is 8.58. The van der Waals surface area contributed by atoms with E-state index in [1.54, 1.807) is 0 Å². The van der Waals surface area contributed by atoms with Crippen LogP contribution in [0.2, 0.25) is 0 Å². The van der Waals surface area contributed by atoms with Gasteiger partial charge < -0.3 is 0 Å². The Morgan fingerprint density at radius 2 is 0.667 bits per heavy atom. The van der Waals surface area contributed by atoms with E-state index in [1.807, 2.05) is 0 Å². The van der Waals surface area contributed by atoms with Crippen molar-refractivity contribution in [3.05, 3.63) is 0 Å². The van der Waals surface area contributed by atoms with Crippen molar-refractivity contribution in [2.75, 3.05) is 0 Å². The van der Waals surface area contributed by atoms with Gasteiger partial charge in [-0.05, 0) is 0 Å². The maximum atomic E-state index is 8.58. The van der Waals surface area contributed by atoms with E-state index in [4.69, 9.17) is 31.6 Å². The number of rotatable bonds is 0. The third kappa shape index (κ3) is 2.09. The molecule has 0 aliphatic rings. The first-order chi connectivity index (χ1) is 5.97. The predicted molar refractivity (Wildman–Crippen MR) is 40.8 cm³/mol. The van der Waals surface area contributed by atoms with Crippen molar-refractivity contribution in [2.24, 2.45) is 0 Å². The summed E-state index contributed by atoms with van der Waals surface area (Å²) in [6, 6.07) is 0. The molecule has 0 saturated heterocycles. The van der Waals surface area contributed by atoms with Gasteiger partial charge in [-0.3, -0.25) is 0 Å². The van der Waals surface area contributed by atoms with E-state index in [1.165, 1.54) is 0 Å². The summed E-state index contributed by atoms with van der Waals surface area (Å²) < 4.78 is 0. The molecule has 0 rings (SSSR count). The van der Waals surface area contributed by atoms with Crippen LogP contribution in [-0.4, -0.2) is 51.4 Å². The molecular formula is C6HKMn2N6. The average Bonchev–Trinajstić information content (AvgIpc) is 2.26. The minimum absolute atomic E-state index is 0. The van der Waals surface area contributed by atoms with Crippen molar-refractivity contribution in [1.82, 2.24) is 0 Å². The fraction of sp³-hybridized carbons (Fsp3) is 0. The molecule has 0 aromatic rings. The molecule has 0 unspecified atom stereocenters. The fourth-order valence-electron chi connectivity index (χ4n) is 0.283. The molecule has 0 aromatic heterocycles. The van der Waals surface area contributed by atoms with Crippen LogP contribution in [0.1, 0.15) is 0 Å². The molecule has 0 bridgehead atoms. The smallest absolute Gasteiger partial charge is 0 e. The van der Waals surface area contributed by atoms with Crippen LogP contribution >= 0.6 is 0 Å². The van der Waals surface area contributed by atoms with Gasteiger partial charge in [0.15, 0.2) is 0 Å². The molecule has 9 heteroatoms. The summed E-state index contributed by atoms with van der Waals surface area (Å²) >= 11 is 0. The SMILES string of the molecule is N#[C][Mn]([C]#N)([C]#N)([C]#N)([C]#N)[C]#N.[KH].[Mn]. The van der Waals surface area contributed by atoms with Crippen LogP contribution in [0.15, 0.2) is 0 Å². The summed E-state index contributed by atoms with van der Waals surface area (Å²) in [5.41, 5.74) is 0. The van der Waals surface area contributed by atoms with Gasteiger partial charge in [-0.25, -0.2) is 0 Å². The van der Waals surface area contributed by atoms with Gasteiger partial charge in [0.2, 0.25) is 0 Å². The van der Waals surface area contributed by atoms with Crippen molar-refractivity contribution in [1.29, 1.82) is 31.6 Å². The Morgan fingerprint density at radius 3 is 0.667 bits per heavy atom. The molecule has 0 aliphatic heterocycles. The van der Waals surface area contributed by atoms with E-state index < -0.39 is 10.7 Å². The Hall–Kier alpha value is -0.385. The van der Waals surface area contributed by atoms with Crippen molar-refractivity contribution in [2.45, 2.75) is 0 Å². The number of nitrogens with zero attached hydrogens (tertiary/aromatic N) is 6. The molecule has 1 radical (unpaired) electrons. The van der Waals surface area contributed by atoms with Crippen molar-refractivity contribution >= 4 is 51.4 Å². The third-order valence-electron chi connectivity index (χ3n) is 1.27. The van der Waals surface area contributed by atoms with Crippen LogP contribution in [-0.2, 0) is 27.8 Å². The van der Waals surface area contributed by atoms with E-state index >= 15 is 0 Å². The summed E-state index contributed by atoms with van der Waals surface area (Å²) in [5.74, 6) is 0. The quantitative estimate of drug-likeness (QED) is 0.549. The molecule has 0 amide bonds. The predicted octanol–water partition coefficient (Wildman–Crippen LogP) is -0.553. The molecular weight excluding hydrogens is 305 g/mol. The molecule has 0 saturated carbocycles. The minimum Gasteiger partial charge on any atom is 0 e. The molecule has 6 nitrogen and oxygen atoms in total. The van der Waals surface area contributed by atoms with Crippen LogP contribution in [0.25, 0.3) is 0 Å². The van der Waals surface area contributed by atoms with Gasteiger partial charge in [0.1, 0.15) is 0 Å². The zero-order chi connectivity index (χ0) is 10.7. The van der Waals surface area contributed by atoms with Gasteiger partial charge >= 0.3 is 123 Å². The van der Waals surface area contributed by atoms with Crippen LogP contribution in [0, 0.1) is 61.4 Å². The Morgan fingerprint density at radius 1 is 0.533 bits per heavy atom. The first-order valence-corrected chi connectivity index (χ1v) is 6.02. The Bertz CT molecular complexity index is 395. The number of hydrogen-bond donors (Lipinski definition) is 0. The van der Waals surface area contributed by atoms with E-state index in [-0.39, 0.29) is 68.5 Å². The molecule has 70 valence electrons. The Kier molecular flexibility index (Phi) is 6.83. The first kappa shape index (κ1) is 20.1. The minimum atomic E-state index is -6.30. The van der Waals surface area contributed by atoms with Crippen molar-refractivity contribution in [3.63, 3.8) is 0 Å². The van der Waals surface area contributed by atoms with Crippen LogP contribution in [0.3, 0.4) is 0 Å². The largest absolute Gasteiger partial charge is 0 e. The average molecular weight is 306 g/mol. The van der Waals surface area contributed by atoms with Gasteiger partial charge in [-0.2, -0.15) is 0 Å². The van der Waals surface area contributed by atoms with Crippen molar-refractivity contribution < 1.29 is 27.8 Å². The molecule has 0 aliphatic carbocycles. The molecule has 15 heavy (non-hydrogen) atoms. The third-order valence-corrected chi connectivity index (χ3v) is 5.23. The van der Waals surface area contributed by atoms with E-state index in [2.05, 4.69) is 0 Å². The Balaban J connectivity index is -0.000000720. The number of nitriles is 6. The molecule has 0 spiro atoms. The Labute approximate surface area is 138 Å².